The Bertz CT molecular complexity index is 518. The Kier molecular flexibility index (Phi) is 5.02. The van der Waals surface area contributed by atoms with Gasteiger partial charge >= 0.3 is 0 Å². The Morgan fingerprint density at radius 3 is 2.10 bits per heavy atom. The number of nitrogens with two attached hydrogens (primary N) is 1. The monoisotopic (exact) mass is 271 g/mol. The molecule has 0 saturated carbocycles. The van der Waals surface area contributed by atoms with Crippen LogP contribution in [-0.2, 0) is 6.42 Å². The molecule has 0 bridgehead atoms. The molecule has 106 valence electrons. The molecule has 0 amide bonds. The molecule has 0 aromatic heterocycles. The molecule has 0 aliphatic rings. The molecule has 3 heteroatoms. The van der Waals surface area contributed by atoms with Gasteiger partial charge in [0.2, 0.25) is 0 Å². The summed E-state index contributed by atoms with van der Waals surface area (Å²) in [6.07, 6.45) is 0.874. The first-order valence-corrected chi connectivity index (χ1v) is 6.80. The van der Waals surface area contributed by atoms with Crippen molar-refractivity contribution >= 4 is 0 Å². The molecule has 0 unspecified atom stereocenters. The van der Waals surface area contributed by atoms with Gasteiger partial charge in [-0.1, -0.05) is 24.3 Å². The van der Waals surface area contributed by atoms with Crippen LogP contribution in [0.25, 0.3) is 0 Å². The molecule has 0 saturated heterocycles. The fourth-order valence-corrected chi connectivity index (χ4v) is 1.95. The van der Waals surface area contributed by atoms with Crippen LogP contribution < -0.4 is 15.2 Å². The Hall–Kier alpha value is -2.00. The molecule has 1 atom stereocenters. The van der Waals surface area contributed by atoms with Crippen molar-refractivity contribution < 1.29 is 9.47 Å². The van der Waals surface area contributed by atoms with E-state index in [2.05, 4.69) is 12.1 Å². The van der Waals surface area contributed by atoms with E-state index in [1.54, 1.807) is 7.11 Å². The maximum Gasteiger partial charge on any atom is 0.119 e. The molecule has 2 aromatic carbocycles. The largest absolute Gasteiger partial charge is 0.497 e. The molecular weight excluding hydrogens is 250 g/mol. The number of methoxy groups -OCH3 is 1. The maximum absolute atomic E-state index is 5.81. The predicted octanol–water partition coefficient (Wildman–Crippen LogP) is 3.34. The zero-order valence-corrected chi connectivity index (χ0v) is 12.0. The average molecular weight is 271 g/mol. The van der Waals surface area contributed by atoms with Gasteiger partial charge < -0.3 is 15.2 Å². The van der Waals surface area contributed by atoms with Gasteiger partial charge in [-0.3, -0.25) is 0 Å². The lowest BCUT2D eigenvalue weighted by molar-refractivity contribution is 0.321. The van der Waals surface area contributed by atoms with Crippen LogP contribution in [0.1, 0.15) is 24.1 Å². The molecule has 0 fully saturated rings. The minimum absolute atomic E-state index is 0.0587. The second-order valence-electron chi connectivity index (χ2n) is 4.80. The fourth-order valence-electron chi connectivity index (χ4n) is 1.95. The first-order valence-electron chi connectivity index (χ1n) is 6.80. The van der Waals surface area contributed by atoms with Crippen molar-refractivity contribution in [2.45, 2.75) is 19.4 Å². The van der Waals surface area contributed by atoms with Crippen molar-refractivity contribution in [3.63, 3.8) is 0 Å². The van der Waals surface area contributed by atoms with Crippen molar-refractivity contribution in [1.29, 1.82) is 0 Å². The van der Waals surface area contributed by atoms with E-state index in [0.29, 0.717) is 6.61 Å². The first kappa shape index (κ1) is 14.4. The highest BCUT2D eigenvalue weighted by Gasteiger charge is 2.00. The van der Waals surface area contributed by atoms with Gasteiger partial charge in [0.1, 0.15) is 11.5 Å². The third-order valence-corrected chi connectivity index (χ3v) is 3.22. The molecule has 2 aromatic rings. The molecule has 0 aliphatic heterocycles. The maximum atomic E-state index is 5.81. The molecule has 20 heavy (non-hydrogen) atoms. The lowest BCUT2D eigenvalue weighted by Crippen LogP contribution is -2.05. The van der Waals surface area contributed by atoms with E-state index in [4.69, 9.17) is 15.2 Å². The zero-order chi connectivity index (χ0) is 14.4. The van der Waals surface area contributed by atoms with Gasteiger partial charge in [0.15, 0.2) is 0 Å². The Balaban J connectivity index is 1.82. The van der Waals surface area contributed by atoms with E-state index in [9.17, 15) is 0 Å². The summed E-state index contributed by atoms with van der Waals surface area (Å²) in [6.45, 7) is 2.63. The lowest BCUT2D eigenvalue weighted by Gasteiger charge is -2.09. The topological polar surface area (TPSA) is 44.5 Å². The zero-order valence-electron chi connectivity index (χ0n) is 12.0. The number of benzene rings is 2. The van der Waals surface area contributed by atoms with Gasteiger partial charge in [0.05, 0.1) is 13.7 Å². The minimum atomic E-state index is 0.0587. The highest BCUT2D eigenvalue weighted by molar-refractivity contribution is 5.29. The van der Waals surface area contributed by atoms with Gasteiger partial charge in [0, 0.05) is 12.5 Å². The van der Waals surface area contributed by atoms with E-state index in [1.807, 2.05) is 43.3 Å². The van der Waals surface area contributed by atoms with Crippen molar-refractivity contribution in [2.24, 2.45) is 5.73 Å². The van der Waals surface area contributed by atoms with E-state index in [-0.39, 0.29) is 6.04 Å². The normalized spacial score (nSPS) is 11.9. The van der Waals surface area contributed by atoms with Crippen LogP contribution in [0.15, 0.2) is 48.5 Å². The van der Waals surface area contributed by atoms with Gasteiger partial charge in [-0.2, -0.15) is 0 Å². The summed E-state index contributed by atoms with van der Waals surface area (Å²) in [5.74, 6) is 1.75. The standard InChI is InChI=1S/C17H21NO2/c1-13(18)15-5-9-17(10-6-15)20-12-11-14-3-7-16(19-2)8-4-14/h3-10,13H,11-12,18H2,1-2H3/t13-/m1/s1. The van der Waals surface area contributed by atoms with Gasteiger partial charge in [0.25, 0.3) is 0 Å². The predicted molar refractivity (Wildman–Crippen MR) is 81.2 cm³/mol. The van der Waals surface area contributed by atoms with Crippen LogP contribution in [0.3, 0.4) is 0 Å². The highest BCUT2D eigenvalue weighted by Crippen LogP contribution is 2.17. The van der Waals surface area contributed by atoms with Crippen LogP contribution in [0.5, 0.6) is 11.5 Å². The van der Waals surface area contributed by atoms with Crippen LogP contribution in [0, 0.1) is 0 Å². The summed E-state index contributed by atoms with van der Waals surface area (Å²) in [6, 6.07) is 16.0. The number of hydrogen-bond acceptors (Lipinski definition) is 3. The van der Waals surface area contributed by atoms with Crippen molar-refractivity contribution in [3.05, 3.63) is 59.7 Å². The Morgan fingerprint density at radius 2 is 1.55 bits per heavy atom. The molecule has 0 heterocycles. The summed E-state index contributed by atoms with van der Waals surface area (Å²) in [5, 5.41) is 0. The third-order valence-electron chi connectivity index (χ3n) is 3.22. The Labute approximate surface area is 120 Å². The smallest absolute Gasteiger partial charge is 0.119 e. The van der Waals surface area contributed by atoms with Crippen LogP contribution in [-0.4, -0.2) is 13.7 Å². The minimum Gasteiger partial charge on any atom is -0.497 e. The first-order chi connectivity index (χ1) is 9.69. The van der Waals surface area contributed by atoms with Crippen molar-refractivity contribution in [1.82, 2.24) is 0 Å². The van der Waals surface area contributed by atoms with Crippen LogP contribution in [0.2, 0.25) is 0 Å². The van der Waals surface area contributed by atoms with E-state index < -0.39 is 0 Å². The summed E-state index contributed by atoms with van der Waals surface area (Å²) < 4.78 is 10.9. The molecule has 0 radical (unpaired) electrons. The van der Waals surface area contributed by atoms with Gasteiger partial charge in [-0.05, 0) is 42.3 Å². The third kappa shape index (κ3) is 4.00. The lowest BCUT2D eigenvalue weighted by atomic mass is 10.1. The second-order valence-corrected chi connectivity index (χ2v) is 4.80. The van der Waals surface area contributed by atoms with E-state index in [1.165, 1.54) is 5.56 Å². The second kappa shape index (κ2) is 6.96. The quantitative estimate of drug-likeness (QED) is 0.876. The van der Waals surface area contributed by atoms with Crippen molar-refractivity contribution in [2.75, 3.05) is 13.7 Å². The molecule has 2 N–H and O–H groups in total. The number of rotatable bonds is 6. The van der Waals surface area contributed by atoms with Gasteiger partial charge in [-0.25, -0.2) is 0 Å². The van der Waals surface area contributed by atoms with Gasteiger partial charge in [-0.15, -0.1) is 0 Å². The van der Waals surface area contributed by atoms with Crippen molar-refractivity contribution in [3.8, 4) is 11.5 Å². The van der Waals surface area contributed by atoms with Crippen LogP contribution in [0.4, 0.5) is 0 Å². The Morgan fingerprint density at radius 1 is 0.950 bits per heavy atom. The van der Waals surface area contributed by atoms with Crippen LogP contribution >= 0.6 is 0 Å². The number of ether oxygens (including phenoxy) is 2. The summed E-state index contributed by atoms with van der Waals surface area (Å²) in [7, 11) is 1.67. The summed E-state index contributed by atoms with van der Waals surface area (Å²) in [4.78, 5) is 0. The summed E-state index contributed by atoms with van der Waals surface area (Å²) >= 11 is 0. The highest BCUT2D eigenvalue weighted by atomic mass is 16.5. The fraction of sp³-hybridized carbons (Fsp3) is 0.294. The van der Waals surface area contributed by atoms with E-state index >= 15 is 0 Å². The average Bonchev–Trinajstić information content (AvgIpc) is 2.48. The molecular formula is C17H21NO2. The molecule has 2 rings (SSSR count). The SMILES string of the molecule is COc1ccc(CCOc2ccc([C@@H](C)N)cc2)cc1. The number of hydrogen-bond donors (Lipinski definition) is 1. The molecule has 3 nitrogen and oxygen atoms in total. The summed E-state index contributed by atoms with van der Waals surface area (Å²) in [5.41, 5.74) is 8.16. The molecule has 0 aliphatic carbocycles. The van der Waals surface area contributed by atoms with E-state index in [0.717, 1.165) is 23.5 Å². The molecule has 0 spiro atoms.